The van der Waals surface area contributed by atoms with Gasteiger partial charge in [-0.05, 0) is 42.2 Å². The van der Waals surface area contributed by atoms with Crippen LogP contribution in [0, 0.1) is 11.3 Å². The van der Waals surface area contributed by atoms with Gasteiger partial charge in [-0.2, -0.15) is 12.7 Å². The topological polar surface area (TPSA) is 90.8 Å². The summed E-state index contributed by atoms with van der Waals surface area (Å²) >= 11 is 0. The van der Waals surface area contributed by atoms with Gasteiger partial charge in [0.25, 0.3) is 0 Å². The normalized spacial score (nSPS) is 23.4. The van der Waals surface area contributed by atoms with E-state index in [0.29, 0.717) is 31.9 Å². The van der Waals surface area contributed by atoms with Gasteiger partial charge in [-0.25, -0.2) is 9.29 Å². The van der Waals surface area contributed by atoms with Gasteiger partial charge in [-0.15, -0.1) is 0 Å². The van der Waals surface area contributed by atoms with Gasteiger partial charge in [0.2, 0.25) is 0 Å². The number of fused-ring (bicyclic) bond motifs is 1. The Morgan fingerprint density at radius 3 is 2.83 bits per heavy atom. The lowest BCUT2D eigenvalue weighted by atomic mass is 9.58. The molecule has 0 unspecified atom stereocenters. The van der Waals surface area contributed by atoms with Crippen LogP contribution in [0.25, 0.3) is 0 Å². The van der Waals surface area contributed by atoms with E-state index in [1.54, 1.807) is 6.20 Å². The molecule has 1 N–H and O–H groups in total. The molecule has 7 nitrogen and oxygen atoms in total. The highest BCUT2D eigenvalue weighted by molar-refractivity contribution is 7.90. The third-order valence-electron chi connectivity index (χ3n) is 5.22. The van der Waals surface area contributed by atoms with E-state index >= 15 is 0 Å². The molecule has 23 heavy (non-hydrogen) atoms. The first kappa shape index (κ1) is 14.9. The van der Waals surface area contributed by atoms with Crippen LogP contribution in [0.5, 0.6) is 0 Å². The quantitative estimate of drug-likeness (QED) is 0.880. The van der Waals surface area contributed by atoms with E-state index in [9.17, 15) is 13.2 Å². The van der Waals surface area contributed by atoms with Crippen LogP contribution in [0.4, 0.5) is 5.82 Å². The van der Waals surface area contributed by atoms with Crippen molar-refractivity contribution in [1.82, 2.24) is 9.29 Å². The number of carbonyl (C=O) groups is 1. The molecule has 4 rings (SSSR count). The van der Waals surface area contributed by atoms with Gasteiger partial charge in [0.15, 0.2) is 0 Å². The zero-order valence-electron chi connectivity index (χ0n) is 12.7. The monoisotopic (exact) mass is 337 g/mol. The first-order valence-corrected chi connectivity index (χ1v) is 9.23. The number of hydrogen-bond donors (Lipinski definition) is 1. The number of aromatic nitrogens is 1. The van der Waals surface area contributed by atoms with Crippen molar-refractivity contribution < 1.29 is 18.3 Å². The predicted octanol–water partition coefficient (Wildman–Crippen LogP) is 0.876. The third-order valence-corrected chi connectivity index (χ3v) is 7.05. The number of rotatable bonds is 4. The van der Waals surface area contributed by atoms with Crippen LogP contribution >= 0.6 is 0 Å². The minimum Gasteiger partial charge on any atom is -0.481 e. The molecule has 8 heteroatoms. The van der Waals surface area contributed by atoms with Gasteiger partial charge < -0.3 is 5.11 Å². The largest absolute Gasteiger partial charge is 0.481 e. The number of anilines is 1. The summed E-state index contributed by atoms with van der Waals surface area (Å²) < 4.78 is 28.5. The second-order valence-electron chi connectivity index (χ2n) is 6.96. The number of nitrogens with zero attached hydrogens (tertiary/aromatic N) is 3. The molecule has 1 aliphatic carbocycles. The molecule has 3 heterocycles. The van der Waals surface area contributed by atoms with Crippen molar-refractivity contribution in [1.29, 1.82) is 0 Å². The van der Waals surface area contributed by atoms with Gasteiger partial charge >= 0.3 is 16.2 Å². The van der Waals surface area contributed by atoms with Crippen molar-refractivity contribution in [2.24, 2.45) is 11.3 Å². The van der Waals surface area contributed by atoms with Crippen LogP contribution in [0.3, 0.4) is 0 Å². The first-order chi connectivity index (χ1) is 10.9. The second-order valence-corrected chi connectivity index (χ2v) is 8.81. The smallest absolute Gasteiger partial charge is 0.305 e. The van der Waals surface area contributed by atoms with Gasteiger partial charge in [-0.1, -0.05) is 6.07 Å². The van der Waals surface area contributed by atoms with Gasteiger partial charge in [0.1, 0.15) is 5.82 Å². The van der Waals surface area contributed by atoms with Crippen molar-refractivity contribution in [3.63, 3.8) is 0 Å². The Kier molecular flexibility index (Phi) is 3.18. The van der Waals surface area contributed by atoms with Crippen LogP contribution in [0.2, 0.25) is 0 Å². The fourth-order valence-corrected chi connectivity index (χ4v) is 6.08. The minimum atomic E-state index is -3.52. The summed E-state index contributed by atoms with van der Waals surface area (Å²) in [6.45, 7) is 1.45. The standard InChI is InChI=1S/C15H19N3O4S/c19-13(20)6-11-7-15(8-11)9-17(10-15)23(21,22)18-5-3-12-2-1-4-16-14(12)18/h1-2,4,11H,3,5-10H2,(H,19,20). The number of aliphatic carboxylic acids is 1. The molecule has 2 fully saturated rings. The molecule has 1 aromatic rings. The van der Waals surface area contributed by atoms with Crippen molar-refractivity contribution in [2.75, 3.05) is 23.9 Å². The maximum absolute atomic E-state index is 12.8. The van der Waals surface area contributed by atoms with Crippen molar-refractivity contribution in [2.45, 2.75) is 25.7 Å². The van der Waals surface area contributed by atoms with Crippen LogP contribution in [-0.4, -0.2) is 48.4 Å². The number of carboxylic acids is 1. The summed E-state index contributed by atoms with van der Waals surface area (Å²) in [5.41, 5.74) is 0.983. The highest BCUT2D eigenvalue weighted by atomic mass is 32.2. The van der Waals surface area contributed by atoms with Crippen LogP contribution in [-0.2, 0) is 21.4 Å². The van der Waals surface area contributed by atoms with E-state index in [-0.39, 0.29) is 17.8 Å². The summed E-state index contributed by atoms with van der Waals surface area (Å²) in [6.07, 6.45) is 4.15. The molecule has 1 saturated carbocycles. The highest BCUT2D eigenvalue weighted by Gasteiger charge is 2.56. The Bertz CT molecular complexity index is 750. The average Bonchev–Trinajstić information content (AvgIpc) is 2.83. The number of carboxylic acid groups (broad SMARTS) is 1. The van der Waals surface area contributed by atoms with Crippen molar-refractivity contribution in [3.05, 3.63) is 23.9 Å². The molecule has 0 bridgehead atoms. The molecule has 1 saturated heterocycles. The van der Waals surface area contributed by atoms with E-state index in [0.717, 1.165) is 18.4 Å². The summed E-state index contributed by atoms with van der Waals surface area (Å²) in [6, 6.07) is 3.74. The summed E-state index contributed by atoms with van der Waals surface area (Å²) in [5, 5.41) is 8.81. The molecule has 0 aromatic carbocycles. The molecule has 1 spiro atoms. The second kappa shape index (κ2) is 4.91. The molecule has 3 aliphatic rings. The molecule has 2 aliphatic heterocycles. The van der Waals surface area contributed by atoms with Crippen molar-refractivity contribution in [3.8, 4) is 0 Å². The molecular formula is C15H19N3O4S. The van der Waals surface area contributed by atoms with E-state index in [4.69, 9.17) is 5.11 Å². The third kappa shape index (κ3) is 2.31. The maximum atomic E-state index is 12.8. The zero-order valence-corrected chi connectivity index (χ0v) is 13.5. The Morgan fingerprint density at radius 1 is 1.39 bits per heavy atom. The SMILES string of the molecule is O=C(O)CC1CC2(C1)CN(S(=O)(=O)N1CCc3cccnc31)C2. The lowest BCUT2D eigenvalue weighted by Crippen LogP contribution is -2.65. The van der Waals surface area contributed by atoms with E-state index in [2.05, 4.69) is 4.98 Å². The Hall–Kier alpha value is -1.67. The van der Waals surface area contributed by atoms with Crippen LogP contribution in [0.1, 0.15) is 24.8 Å². The highest BCUT2D eigenvalue weighted by Crippen LogP contribution is 2.54. The first-order valence-electron chi connectivity index (χ1n) is 7.83. The molecule has 0 radical (unpaired) electrons. The zero-order chi connectivity index (χ0) is 16.2. The number of hydrogen-bond acceptors (Lipinski definition) is 4. The molecule has 1 aromatic heterocycles. The fraction of sp³-hybridized carbons (Fsp3) is 0.600. The molecule has 0 amide bonds. The summed E-state index contributed by atoms with van der Waals surface area (Å²) in [4.78, 5) is 14.9. The van der Waals surface area contributed by atoms with Gasteiger partial charge in [-0.3, -0.25) is 4.79 Å². The Morgan fingerprint density at radius 2 is 2.13 bits per heavy atom. The minimum absolute atomic E-state index is 0.0137. The van der Waals surface area contributed by atoms with Crippen LogP contribution < -0.4 is 4.31 Å². The summed E-state index contributed by atoms with van der Waals surface area (Å²) in [7, 11) is -3.52. The maximum Gasteiger partial charge on any atom is 0.305 e. The molecular weight excluding hydrogens is 318 g/mol. The van der Waals surface area contributed by atoms with E-state index in [1.165, 1.54) is 8.61 Å². The predicted molar refractivity (Wildman–Crippen MR) is 83.2 cm³/mol. The summed E-state index contributed by atoms with van der Waals surface area (Å²) in [5.74, 6) is -0.0225. The van der Waals surface area contributed by atoms with Crippen LogP contribution in [0.15, 0.2) is 18.3 Å². The molecule has 124 valence electrons. The Balaban J connectivity index is 1.42. The fourth-order valence-electron chi connectivity index (χ4n) is 4.22. The van der Waals surface area contributed by atoms with E-state index < -0.39 is 16.2 Å². The van der Waals surface area contributed by atoms with Gasteiger partial charge in [0, 0.05) is 32.3 Å². The van der Waals surface area contributed by atoms with Gasteiger partial charge in [0.05, 0.1) is 0 Å². The van der Waals surface area contributed by atoms with E-state index in [1.807, 2.05) is 12.1 Å². The van der Waals surface area contributed by atoms with Crippen molar-refractivity contribution >= 4 is 22.0 Å². The lowest BCUT2D eigenvalue weighted by molar-refractivity contribution is -0.142. The Labute approximate surface area is 135 Å². The molecule has 0 atom stereocenters. The number of pyridine rings is 1. The lowest BCUT2D eigenvalue weighted by Gasteiger charge is -2.58. The average molecular weight is 337 g/mol.